The van der Waals surface area contributed by atoms with Gasteiger partial charge in [-0.1, -0.05) is 23.4 Å². The van der Waals surface area contributed by atoms with E-state index in [9.17, 15) is 0 Å². The van der Waals surface area contributed by atoms with E-state index >= 15 is 0 Å². The van der Waals surface area contributed by atoms with E-state index < -0.39 is 0 Å². The minimum Gasteiger partial charge on any atom is -0.391 e. The smallest absolute Gasteiger partial charge is 0.143 e. The molecule has 18 heavy (non-hydrogen) atoms. The highest BCUT2D eigenvalue weighted by Gasteiger charge is 2.00. The fraction of sp³-hybridized carbons (Fsp3) is 0.143. The Balaban J connectivity index is 1.93. The summed E-state index contributed by atoms with van der Waals surface area (Å²) in [6, 6.07) is 13.5. The SMILES string of the molecule is Cc1ccc(/C=N\OCc2ccccc2C#N)s1. The number of hydrogen-bond acceptors (Lipinski definition) is 4. The number of oxime groups is 1. The van der Waals surface area contributed by atoms with Crippen LogP contribution in [0.2, 0.25) is 0 Å². The van der Waals surface area contributed by atoms with Crippen molar-refractivity contribution >= 4 is 17.6 Å². The van der Waals surface area contributed by atoms with Crippen LogP contribution in [0.25, 0.3) is 0 Å². The first-order valence-corrected chi connectivity index (χ1v) is 6.31. The van der Waals surface area contributed by atoms with E-state index in [0.717, 1.165) is 10.4 Å². The van der Waals surface area contributed by atoms with Crippen LogP contribution < -0.4 is 0 Å². The molecular formula is C14H12N2OS. The van der Waals surface area contributed by atoms with Crippen LogP contribution >= 0.6 is 11.3 Å². The molecule has 0 aliphatic carbocycles. The first-order chi connectivity index (χ1) is 8.79. The molecule has 3 nitrogen and oxygen atoms in total. The minimum absolute atomic E-state index is 0.310. The van der Waals surface area contributed by atoms with Gasteiger partial charge in [-0.3, -0.25) is 0 Å². The van der Waals surface area contributed by atoms with Crippen molar-refractivity contribution < 1.29 is 4.84 Å². The highest BCUT2D eigenvalue weighted by Crippen LogP contribution is 2.13. The molecule has 0 unspecified atom stereocenters. The second kappa shape index (κ2) is 5.99. The maximum absolute atomic E-state index is 8.91. The number of benzene rings is 1. The highest BCUT2D eigenvalue weighted by molar-refractivity contribution is 7.13. The molecule has 0 saturated heterocycles. The molecule has 1 aromatic carbocycles. The second-order valence-electron chi connectivity index (χ2n) is 3.73. The monoisotopic (exact) mass is 256 g/mol. The Labute approximate surface area is 110 Å². The first kappa shape index (κ1) is 12.3. The summed E-state index contributed by atoms with van der Waals surface area (Å²) in [5, 5.41) is 12.8. The lowest BCUT2D eigenvalue weighted by molar-refractivity contribution is 0.132. The van der Waals surface area contributed by atoms with Crippen molar-refractivity contribution in [2.45, 2.75) is 13.5 Å². The summed E-state index contributed by atoms with van der Waals surface area (Å²) in [6.07, 6.45) is 1.69. The minimum atomic E-state index is 0.310. The van der Waals surface area contributed by atoms with Crippen LogP contribution in [0.3, 0.4) is 0 Å². The number of nitrogens with zero attached hydrogens (tertiary/aromatic N) is 2. The molecule has 90 valence electrons. The maximum Gasteiger partial charge on any atom is 0.143 e. The van der Waals surface area contributed by atoms with Gasteiger partial charge in [-0.2, -0.15) is 5.26 Å². The third-order valence-corrected chi connectivity index (χ3v) is 3.31. The zero-order valence-corrected chi connectivity index (χ0v) is 10.8. The molecule has 0 aliphatic rings. The van der Waals surface area contributed by atoms with E-state index in [4.69, 9.17) is 10.1 Å². The first-order valence-electron chi connectivity index (χ1n) is 5.49. The van der Waals surface area contributed by atoms with Crippen LogP contribution in [0, 0.1) is 18.3 Å². The van der Waals surface area contributed by atoms with Crippen LogP contribution in [0.1, 0.15) is 20.9 Å². The standard InChI is InChI=1S/C14H12N2OS/c1-11-6-7-14(18-11)9-16-17-10-13-5-3-2-4-12(13)8-15/h2-7,9H,10H2,1H3/b16-9-. The van der Waals surface area contributed by atoms with Crippen molar-refractivity contribution in [2.75, 3.05) is 0 Å². The molecule has 4 heteroatoms. The van der Waals surface area contributed by atoms with Gasteiger partial charge in [0, 0.05) is 15.3 Å². The van der Waals surface area contributed by atoms with Crippen molar-refractivity contribution in [3.05, 3.63) is 57.3 Å². The lowest BCUT2D eigenvalue weighted by Crippen LogP contribution is -1.91. The molecule has 0 amide bonds. The third kappa shape index (κ3) is 3.19. The summed E-state index contributed by atoms with van der Waals surface area (Å²) in [5.74, 6) is 0. The van der Waals surface area contributed by atoms with Gasteiger partial charge in [0.1, 0.15) is 6.61 Å². The van der Waals surface area contributed by atoms with Crippen LogP contribution in [-0.2, 0) is 11.4 Å². The number of rotatable bonds is 4. The van der Waals surface area contributed by atoms with E-state index in [-0.39, 0.29) is 0 Å². The lowest BCUT2D eigenvalue weighted by atomic mass is 10.1. The lowest BCUT2D eigenvalue weighted by Gasteiger charge is -2.01. The zero-order chi connectivity index (χ0) is 12.8. The number of aryl methyl sites for hydroxylation is 1. The number of hydrogen-bond donors (Lipinski definition) is 0. The predicted molar refractivity (Wildman–Crippen MR) is 72.6 cm³/mol. The summed E-state index contributed by atoms with van der Waals surface area (Å²) in [7, 11) is 0. The summed E-state index contributed by atoms with van der Waals surface area (Å²) in [5.41, 5.74) is 1.47. The fourth-order valence-corrected chi connectivity index (χ4v) is 2.21. The van der Waals surface area contributed by atoms with Gasteiger partial charge >= 0.3 is 0 Å². The third-order valence-electron chi connectivity index (χ3n) is 2.37. The average molecular weight is 256 g/mol. The molecule has 1 heterocycles. The summed E-state index contributed by atoms with van der Waals surface area (Å²) in [4.78, 5) is 7.50. The predicted octanol–water partition coefficient (Wildman–Crippen LogP) is 3.48. The molecule has 2 aromatic rings. The molecule has 0 fully saturated rings. The van der Waals surface area contributed by atoms with Gasteiger partial charge in [-0.15, -0.1) is 11.3 Å². The van der Waals surface area contributed by atoms with Crippen molar-refractivity contribution in [2.24, 2.45) is 5.16 Å². The molecule has 0 saturated carbocycles. The Morgan fingerprint density at radius 2 is 2.17 bits per heavy atom. The Hall–Kier alpha value is -2.12. The molecule has 0 radical (unpaired) electrons. The van der Waals surface area contributed by atoms with Crippen LogP contribution in [-0.4, -0.2) is 6.21 Å². The Morgan fingerprint density at radius 3 is 2.89 bits per heavy atom. The molecule has 0 bridgehead atoms. The van der Waals surface area contributed by atoms with Gasteiger partial charge in [0.25, 0.3) is 0 Å². The zero-order valence-electron chi connectivity index (χ0n) is 9.96. The van der Waals surface area contributed by atoms with E-state index in [2.05, 4.69) is 11.2 Å². The van der Waals surface area contributed by atoms with Crippen molar-refractivity contribution in [3.63, 3.8) is 0 Å². The average Bonchev–Trinajstić information content (AvgIpc) is 2.81. The molecule has 1 aromatic heterocycles. The topological polar surface area (TPSA) is 45.4 Å². The number of thiophene rings is 1. The van der Waals surface area contributed by atoms with Gasteiger partial charge in [-0.25, -0.2) is 0 Å². The van der Waals surface area contributed by atoms with Gasteiger partial charge in [0.05, 0.1) is 17.8 Å². The summed E-state index contributed by atoms with van der Waals surface area (Å²) < 4.78 is 0. The summed E-state index contributed by atoms with van der Waals surface area (Å²) >= 11 is 1.66. The molecular weight excluding hydrogens is 244 g/mol. The molecule has 0 atom stereocenters. The normalized spacial score (nSPS) is 10.4. The van der Waals surface area contributed by atoms with E-state index in [1.165, 1.54) is 4.88 Å². The van der Waals surface area contributed by atoms with Crippen LogP contribution in [0.4, 0.5) is 0 Å². The highest BCUT2D eigenvalue weighted by atomic mass is 32.1. The van der Waals surface area contributed by atoms with Crippen molar-refractivity contribution in [1.82, 2.24) is 0 Å². The summed E-state index contributed by atoms with van der Waals surface area (Å²) in [6.45, 7) is 2.36. The van der Waals surface area contributed by atoms with Crippen LogP contribution in [0.5, 0.6) is 0 Å². The van der Waals surface area contributed by atoms with Crippen molar-refractivity contribution in [3.8, 4) is 6.07 Å². The second-order valence-corrected chi connectivity index (χ2v) is 5.04. The number of nitriles is 1. The fourth-order valence-electron chi connectivity index (χ4n) is 1.47. The molecule has 0 N–H and O–H groups in total. The van der Waals surface area contributed by atoms with Crippen molar-refractivity contribution in [1.29, 1.82) is 5.26 Å². The van der Waals surface area contributed by atoms with Crippen LogP contribution in [0.15, 0.2) is 41.6 Å². The van der Waals surface area contributed by atoms with E-state index in [0.29, 0.717) is 12.2 Å². The Kier molecular flexibility index (Phi) is 4.11. The largest absolute Gasteiger partial charge is 0.391 e. The Bertz CT molecular complexity index is 596. The van der Waals surface area contributed by atoms with E-state index in [1.54, 1.807) is 23.6 Å². The van der Waals surface area contributed by atoms with Gasteiger partial charge < -0.3 is 4.84 Å². The molecule has 0 aliphatic heterocycles. The molecule has 2 rings (SSSR count). The van der Waals surface area contributed by atoms with Gasteiger partial charge in [0.15, 0.2) is 0 Å². The van der Waals surface area contributed by atoms with E-state index in [1.807, 2.05) is 37.3 Å². The van der Waals surface area contributed by atoms with Gasteiger partial charge in [-0.05, 0) is 25.1 Å². The van der Waals surface area contributed by atoms with Gasteiger partial charge in [0.2, 0.25) is 0 Å². The maximum atomic E-state index is 8.91. The quantitative estimate of drug-likeness (QED) is 0.621. The molecule has 0 spiro atoms. The Morgan fingerprint density at radius 1 is 1.33 bits per heavy atom.